The summed E-state index contributed by atoms with van der Waals surface area (Å²) < 4.78 is 5.54. The van der Waals surface area contributed by atoms with Crippen LogP contribution < -0.4 is 10.1 Å². The average molecular weight is 383 g/mol. The quantitative estimate of drug-likeness (QED) is 0.852. The van der Waals surface area contributed by atoms with Crippen LogP contribution in [-0.4, -0.2) is 42.2 Å². The van der Waals surface area contributed by atoms with E-state index in [4.69, 9.17) is 16.3 Å². The predicted molar refractivity (Wildman–Crippen MR) is 99.6 cm³/mol. The van der Waals surface area contributed by atoms with E-state index in [1.54, 1.807) is 12.1 Å². The lowest BCUT2D eigenvalue weighted by molar-refractivity contribution is -0.136. The van der Waals surface area contributed by atoms with Crippen molar-refractivity contribution in [2.24, 2.45) is 0 Å². The number of phenols is 1. The van der Waals surface area contributed by atoms with Crippen LogP contribution in [-0.2, 0) is 4.79 Å². The molecule has 2 aromatic carbocycles. The summed E-state index contributed by atoms with van der Waals surface area (Å²) in [6, 6.07) is 13.8. The standard InChI is InChI=1S/C18H19ClN2O3.ClH/c19-14-3-1-2-13(10-14)17-11-20-8-9-21(17)18(23)12-24-16-6-4-15(22)5-7-16;/h1-7,10,17,20,22H,8-9,11-12H2;1H. The molecule has 0 bridgehead atoms. The van der Waals surface area contributed by atoms with E-state index in [-0.39, 0.29) is 36.7 Å². The maximum Gasteiger partial charge on any atom is 0.261 e. The Kier molecular flexibility index (Phi) is 6.93. The average Bonchev–Trinajstić information content (AvgIpc) is 2.61. The van der Waals surface area contributed by atoms with Gasteiger partial charge in [-0.15, -0.1) is 12.4 Å². The van der Waals surface area contributed by atoms with Crippen molar-refractivity contribution in [2.75, 3.05) is 26.2 Å². The molecule has 2 aromatic rings. The largest absolute Gasteiger partial charge is 0.508 e. The zero-order chi connectivity index (χ0) is 16.9. The van der Waals surface area contributed by atoms with Crippen LogP contribution in [0.3, 0.4) is 0 Å². The molecule has 1 atom stereocenters. The van der Waals surface area contributed by atoms with Crippen LogP contribution in [0.4, 0.5) is 0 Å². The molecule has 2 N–H and O–H groups in total. The third kappa shape index (κ3) is 5.01. The van der Waals surface area contributed by atoms with Crippen LogP contribution in [0.2, 0.25) is 5.02 Å². The molecule has 1 unspecified atom stereocenters. The molecule has 1 saturated heterocycles. The first kappa shape index (κ1) is 19.4. The van der Waals surface area contributed by atoms with Crippen molar-refractivity contribution in [1.29, 1.82) is 0 Å². The molecule has 134 valence electrons. The van der Waals surface area contributed by atoms with Gasteiger partial charge in [0.1, 0.15) is 11.5 Å². The number of nitrogens with zero attached hydrogens (tertiary/aromatic N) is 1. The predicted octanol–water partition coefficient (Wildman–Crippen LogP) is 3.02. The highest BCUT2D eigenvalue weighted by atomic mass is 35.5. The number of hydrogen-bond donors (Lipinski definition) is 2. The number of carbonyl (C=O) groups is 1. The highest BCUT2D eigenvalue weighted by molar-refractivity contribution is 6.30. The summed E-state index contributed by atoms with van der Waals surface area (Å²) in [5.41, 5.74) is 1.01. The van der Waals surface area contributed by atoms with Crippen LogP contribution in [0, 0.1) is 0 Å². The van der Waals surface area contributed by atoms with Gasteiger partial charge in [-0.3, -0.25) is 4.79 Å². The van der Waals surface area contributed by atoms with Crippen LogP contribution in [0.15, 0.2) is 48.5 Å². The summed E-state index contributed by atoms with van der Waals surface area (Å²) in [6.07, 6.45) is 0. The molecule has 0 radical (unpaired) electrons. The Balaban J connectivity index is 0.00000225. The number of benzene rings is 2. The van der Waals surface area contributed by atoms with Gasteiger partial charge < -0.3 is 20.1 Å². The maximum atomic E-state index is 12.6. The fraction of sp³-hybridized carbons (Fsp3) is 0.278. The van der Waals surface area contributed by atoms with Gasteiger partial charge in [0.15, 0.2) is 6.61 Å². The first-order valence-corrected chi connectivity index (χ1v) is 8.19. The van der Waals surface area contributed by atoms with Crippen LogP contribution in [0.5, 0.6) is 11.5 Å². The van der Waals surface area contributed by atoms with Crippen LogP contribution in [0.1, 0.15) is 11.6 Å². The van der Waals surface area contributed by atoms with E-state index in [9.17, 15) is 9.90 Å². The van der Waals surface area contributed by atoms with Crippen molar-refractivity contribution in [3.05, 3.63) is 59.1 Å². The van der Waals surface area contributed by atoms with E-state index in [1.165, 1.54) is 12.1 Å². The van der Waals surface area contributed by atoms with Crippen molar-refractivity contribution in [1.82, 2.24) is 10.2 Å². The fourth-order valence-corrected chi connectivity index (χ4v) is 2.98. The van der Waals surface area contributed by atoms with Crippen molar-refractivity contribution in [3.63, 3.8) is 0 Å². The Bertz CT molecular complexity index is 710. The van der Waals surface area contributed by atoms with Gasteiger partial charge in [-0.1, -0.05) is 23.7 Å². The van der Waals surface area contributed by atoms with Gasteiger partial charge >= 0.3 is 0 Å². The molecule has 1 fully saturated rings. The number of rotatable bonds is 4. The number of piperazine rings is 1. The van der Waals surface area contributed by atoms with Gasteiger partial charge in [-0.2, -0.15) is 0 Å². The summed E-state index contributed by atoms with van der Waals surface area (Å²) >= 11 is 6.08. The van der Waals surface area contributed by atoms with Gasteiger partial charge in [0.25, 0.3) is 5.91 Å². The molecule has 1 aliphatic heterocycles. The van der Waals surface area contributed by atoms with Gasteiger partial charge in [-0.05, 0) is 42.0 Å². The number of phenolic OH excluding ortho intramolecular Hbond substituents is 1. The summed E-state index contributed by atoms with van der Waals surface area (Å²) in [4.78, 5) is 14.4. The van der Waals surface area contributed by atoms with E-state index >= 15 is 0 Å². The second-order valence-corrected chi connectivity index (χ2v) is 6.08. The molecule has 25 heavy (non-hydrogen) atoms. The lowest BCUT2D eigenvalue weighted by Gasteiger charge is -2.36. The molecule has 1 amide bonds. The Hall–Kier alpha value is -1.95. The molecule has 3 rings (SSSR count). The number of ether oxygens (including phenoxy) is 1. The smallest absolute Gasteiger partial charge is 0.261 e. The zero-order valence-corrected chi connectivity index (χ0v) is 15.1. The minimum Gasteiger partial charge on any atom is -0.508 e. The second kappa shape index (κ2) is 8.94. The first-order chi connectivity index (χ1) is 11.6. The number of halogens is 2. The molecule has 1 aliphatic rings. The SMILES string of the molecule is Cl.O=C(COc1ccc(O)cc1)N1CCNCC1c1cccc(Cl)c1. The van der Waals surface area contributed by atoms with E-state index in [0.29, 0.717) is 23.9 Å². The lowest BCUT2D eigenvalue weighted by atomic mass is 10.0. The van der Waals surface area contributed by atoms with Gasteiger partial charge in [-0.25, -0.2) is 0 Å². The summed E-state index contributed by atoms with van der Waals surface area (Å²) in [5, 5.41) is 13.2. The minimum absolute atomic E-state index is 0. The van der Waals surface area contributed by atoms with Gasteiger partial charge in [0.2, 0.25) is 0 Å². The molecule has 1 heterocycles. The Morgan fingerprint density at radius 3 is 2.76 bits per heavy atom. The number of aromatic hydroxyl groups is 1. The Labute approximate surface area is 158 Å². The molecular formula is C18H20Cl2N2O3. The third-order valence-electron chi connectivity index (χ3n) is 4.00. The van der Waals surface area contributed by atoms with Gasteiger partial charge in [0, 0.05) is 24.7 Å². The normalized spacial score (nSPS) is 16.8. The first-order valence-electron chi connectivity index (χ1n) is 7.81. The Morgan fingerprint density at radius 2 is 2.04 bits per heavy atom. The second-order valence-electron chi connectivity index (χ2n) is 5.64. The summed E-state index contributed by atoms with van der Waals surface area (Å²) in [5.74, 6) is 0.641. The van der Waals surface area contributed by atoms with Gasteiger partial charge in [0.05, 0.1) is 6.04 Å². The minimum atomic E-state index is -0.0745. The fourth-order valence-electron chi connectivity index (χ4n) is 2.78. The number of carbonyl (C=O) groups excluding carboxylic acids is 1. The van der Waals surface area contributed by atoms with E-state index in [2.05, 4.69) is 5.32 Å². The van der Waals surface area contributed by atoms with Crippen LogP contribution >= 0.6 is 24.0 Å². The number of nitrogens with one attached hydrogen (secondary N) is 1. The monoisotopic (exact) mass is 382 g/mol. The molecule has 0 aromatic heterocycles. The molecular weight excluding hydrogens is 363 g/mol. The molecule has 0 spiro atoms. The van der Waals surface area contributed by atoms with Crippen LogP contribution in [0.25, 0.3) is 0 Å². The molecule has 0 aliphatic carbocycles. The Morgan fingerprint density at radius 1 is 1.28 bits per heavy atom. The zero-order valence-electron chi connectivity index (χ0n) is 13.5. The third-order valence-corrected chi connectivity index (χ3v) is 4.23. The van der Waals surface area contributed by atoms with Crippen molar-refractivity contribution in [3.8, 4) is 11.5 Å². The van der Waals surface area contributed by atoms with Crippen molar-refractivity contribution in [2.45, 2.75) is 6.04 Å². The van der Waals surface area contributed by atoms with E-state index in [1.807, 2.05) is 29.2 Å². The molecule has 5 nitrogen and oxygen atoms in total. The number of amides is 1. The summed E-state index contributed by atoms with van der Waals surface area (Å²) in [6.45, 7) is 2.02. The highest BCUT2D eigenvalue weighted by Crippen LogP contribution is 2.25. The van der Waals surface area contributed by atoms with Crippen molar-refractivity contribution >= 4 is 29.9 Å². The van der Waals surface area contributed by atoms with E-state index in [0.717, 1.165) is 12.1 Å². The molecule has 7 heteroatoms. The number of hydrogen-bond acceptors (Lipinski definition) is 4. The highest BCUT2D eigenvalue weighted by Gasteiger charge is 2.28. The lowest BCUT2D eigenvalue weighted by Crippen LogP contribution is -2.50. The maximum absolute atomic E-state index is 12.6. The van der Waals surface area contributed by atoms with E-state index < -0.39 is 0 Å². The van der Waals surface area contributed by atoms with Crippen molar-refractivity contribution < 1.29 is 14.6 Å². The summed E-state index contributed by atoms with van der Waals surface area (Å²) in [7, 11) is 0. The topological polar surface area (TPSA) is 61.8 Å². The molecule has 0 saturated carbocycles.